The van der Waals surface area contributed by atoms with E-state index in [1.807, 2.05) is 0 Å². The van der Waals surface area contributed by atoms with Gasteiger partial charge < -0.3 is 0 Å². The Kier molecular flexibility index (Phi) is 5.42. The summed E-state index contributed by atoms with van der Waals surface area (Å²) in [5, 5.41) is 0. The lowest BCUT2D eigenvalue weighted by atomic mass is 9.94. The van der Waals surface area contributed by atoms with E-state index in [-0.39, 0.29) is 18.5 Å². The minimum atomic E-state index is -5.02. The van der Waals surface area contributed by atoms with E-state index in [0.717, 1.165) is 0 Å². The average molecular weight is 330 g/mol. The molecule has 0 bridgehead atoms. The molecule has 1 aromatic carbocycles. The Morgan fingerprint density at radius 3 is 1.86 bits per heavy atom. The summed E-state index contributed by atoms with van der Waals surface area (Å²) in [6, 6.07) is 1.64. The number of rotatable bonds is 4. The van der Waals surface area contributed by atoms with Crippen LogP contribution in [0.2, 0.25) is 0 Å². The van der Waals surface area contributed by atoms with Crippen LogP contribution in [0.1, 0.15) is 41.3 Å². The molecule has 0 N–H and O–H groups in total. The number of hydrogen-bond acceptors (Lipinski definition) is 1. The molecule has 1 nitrogen and oxygen atoms in total. The molecule has 0 saturated heterocycles. The lowest BCUT2D eigenvalue weighted by molar-refractivity contribution is -0.143. The standard InChI is InChI=1S/C13H13F6OP/c1-7(21)5-6-10(20)11-8(12(14,15)16)3-2-4-9(11)13(17,18)19/h2-4,7H,5-6,21H2,1H3. The van der Waals surface area contributed by atoms with Crippen molar-refractivity contribution in [1.29, 1.82) is 0 Å². The fourth-order valence-corrected chi connectivity index (χ4v) is 1.98. The summed E-state index contributed by atoms with van der Waals surface area (Å²) in [5.74, 6) is -1.15. The van der Waals surface area contributed by atoms with E-state index >= 15 is 0 Å². The smallest absolute Gasteiger partial charge is 0.294 e. The Morgan fingerprint density at radius 1 is 1.10 bits per heavy atom. The Bertz CT molecular complexity index is 486. The van der Waals surface area contributed by atoms with E-state index in [0.29, 0.717) is 18.2 Å². The van der Waals surface area contributed by atoms with Gasteiger partial charge in [-0.3, -0.25) is 4.79 Å². The quantitative estimate of drug-likeness (QED) is 0.434. The third kappa shape index (κ3) is 4.70. The van der Waals surface area contributed by atoms with E-state index in [1.165, 1.54) is 0 Å². The fraction of sp³-hybridized carbons (Fsp3) is 0.462. The average Bonchev–Trinajstić information content (AvgIpc) is 2.32. The molecular weight excluding hydrogens is 317 g/mol. The third-order valence-corrected chi connectivity index (χ3v) is 3.11. The van der Waals surface area contributed by atoms with Crippen molar-refractivity contribution in [3.05, 3.63) is 34.9 Å². The molecular formula is C13H13F6OP. The largest absolute Gasteiger partial charge is 0.417 e. The summed E-state index contributed by atoms with van der Waals surface area (Å²) in [5.41, 5.74) is -4.46. The van der Waals surface area contributed by atoms with Gasteiger partial charge in [-0.25, -0.2) is 0 Å². The first-order valence-electron chi connectivity index (χ1n) is 6.00. The Hall–Kier alpha value is -1.10. The van der Waals surface area contributed by atoms with Gasteiger partial charge in [0.25, 0.3) is 0 Å². The second kappa shape index (κ2) is 6.34. The predicted molar refractivity (Wildman–Crippen MR) is 69.2 cm³/mol. The van der Waals surface area contributed by atoms with E-state index < -0.39 is 34.8 Å². The molecule has 8 heteroatoms. The second-order valence-corrected chi connectivity index (χ2v) is 5.80. The molecule has 0 spiro atoms. The monoisotopic (exact) mass is 330 g/mol. The molecule has 0 aromatic heterocycles. The number of alkyl halides is 6. The van der Waals surface area contributed by atoms with Crippen molar-refractivity contribution in [2.24, 2.45) is 0 Å². The number of benzene rings is 1. The van der Waals surface area contributed by atoms with Crippen molar-refractivity contribution in [2.75, 3.05) is 0 Å². The third-order valence-electron chi connectivity index (χ3n) is 2.78. The maximum atomic E-state index is 12.9. The number of hydrogen-bond donors (Lipinski definition) is 0. The Morgan fingerprint density at radius 2 is 1.52 bits per heavy atom. The zero-order valence-electron chi connectivity index (χ0n) is 11.0. The van der Waals surface area contributed by atoms with Crippen LogP contribution in [0.5, 0.6) is 0 Å². The summed E-state index contributed by atoms with van der Waals surface area (Å²) >= 11 is 0. The molecule has 0 amide bonds. The molecule has 118 valence electrons. The number of ketones is 1. The summed E-state index contributed by atoms with van der Waals surface area (Å²) in [6.45, 7) is 1.69. The van der Waals surface area contributed by atoms with Gasteiger partial charge in [-0.2, -0.15) is 26.3 Å². The number of carbonyl (C=O) groups excluding carboxylic acids is 1. The van der Waals surface area contributed by atoms with Gasteiger partial charge >= 0.3 is 12.4 Å². The first-order valence-corrected chi connectivity index (χ1v) is 6.67. The molecule has 1 rings (SSSR count). The molecule has 1 aromatic rings. The maximum absolute atomic E-state index is 12.9. The molecule has 21 heavy (non-hydrogen) atoms. The van der Waals surface area contributed by atoms with E-state index in [4.69, 9.17) is 0 Å². The molecule has 0 aliphatic carbocycles. The van der Waals surface area contributed by atoms with Crippen molar-refractivity contribution in [2.45, 2.75) is 37.8 Å². The van der Waals surface area contributed by atoms with Crippen LogP contribution in [-0.4, -0.2) is 11.4 Å². The summed E-state index contributed by atoms with van der Waals surface area (Å²) in [6.07, 6.45) is -10.2. The topological polar surface area (TPSA) is 17.1 Å². The van der Waals surface area contributed by atoms with Crippen molar-refractivity contribution >= 4 is 15.0 Å². The van der Waals surface area contributed by atoms with Crippen LogP contribution in [0.15, 0.2) is 18.2 Å². The lowest BCUT2D eigenvalue weighted by Crippen LogP contribution is -2.20. The molecule has 0 fully saturated rings. The molecule has 0 aliphatic rings. The van der Waals surface area contributed by atoms with Gasteiger partial charge in [0.1, 0.15) is 0 Å². The van der Waals surface area contributed by atoms with Crippen molar-refractivity contribution < 1.29 is 31.1 Å². The first-order chi connectivity index (χ1) is 9.44. The van der Waals surface area contributed by atoms with Crippen molar-refractivity contribution in [3.63, 3.8) is 0 Å². The molecule has 0 saturated carbocycles. The van der Waals surface area contributed by atoms with Crippen LogP contribution in [0, 0.1) is 0 Å². The minimum Gasteiger partial charge on any atom is -0.294 e. The summed E-state index contributed by atoms with van der Waals surface area (Å²) in [4.78, 5) is 11.9. The van der Waals surface area contributed by atoms with Crippen LogP contribution >= 0.6 is 9.24 Å². The maximum Gasteiger partial charge on any atom is 0.417 e. The van der Waals surface area contributed by atoms with Gasteiger partial charge in [-0.1, -0.05) is 13.0 Å². The van der Waals surface area contributed by atoms with Crippen molar-refractivity contribution in [1.82, 2.24) is 0 Å². The number of halogens is 6. The molecule has 2 atom stereocenters. The predicted octanol–water partition coefficient (Wildman–Crippen LogP) is 4.95. The molecule has 0 aliphatic heterocycles. The van der Waals surface area contributed by atoms with E-state index in [2.05, 4.69) is 9.24 Å². The summed E-state index contributed by atoms with van der Waals surface area (Å²) in [7, 11) is 2.34. The van der Waals surface area contributed by atoms with Crippen LogP contribution in [0.3, 0.4) is 0 Å². The van der Waals surface area contributed by atoms with Gasteiger partial charge in [-0.05, 0) is 24.2 Å². The van der Waals surface area contributed by atoms with Crippen LogP contribution in [0.25, 0.3) is 0 Å². The fourth-order valence-electron chi connectivity index (χ4n) is 1.81. The lowest BCUT2D eigenvalue weighted by Gasteiger charge is -2.18. The first kappa shape index (κ1) is 18.0. The van der Waals surface area contributed by atoms with Gasteiger partial charge in [0.15, 0.2) is 5.78 Å². The second-order valence-electron chi connectivity index (χ2n) is 4.66. The minimum absolute atomic E-state index is 0.0821. The SMILES string of the molecule is CC(P)CCC(=O)c1c(C(F)(F)F)cccc1C(F)(F)F. The van der Waals surface area contributed by atoms with E-state index in [1.54, 1.807) is 6.92 Å². The van der Waals surface area contributed by atoms with Gasteiger partial charge in [0.05, 0.1) is 11.1 Å². The van der Waals surface area contributed by atoms with Crippen molar-refractivity contribution in [3.8, 4) is 0 Å². The number of carbonyl (C=O) groups is 1. The molecule has 0 heterocycles. The number of Topliss-reactive ketones (excluding diaryl/α,β-unsaturated/α-hetero) is 1. The molecule has 2 unspecified atom stereocenters. The normalized spacial score (nSPS) is 14.1. The highest BCUT2D eigenvalue weighted by molar-refractivity contribution is 7.17. The van der Waals surface area contributed by atoms with Gasteiger partial charge in [0.2, 0.25) is 0 Å². The van der Waals surface area contributed by atoms with Gasteiger partial charge in [0, 0.05) is 12.0 Å². The Labute approximate surface area is 119 Å². The van der Waals surface area contributed by atoms with Crippen LogP contribution < -0.4 is 0 Å². The zero-order valence-corrected chi connectivity index (χ0v) is 12.1. The Balaban J connectivity index is 3.40. The van der Waals surface area contributed by atoms with Crippen LogP contribution in [-0.2, 0) is 12.4 Å². The highest BCUT2D eigenvalue weighted by Gasteiger charge is 2.42. The molecule has 0 radical (unpaired) electrons. The van der Waals surface area contributed by atoms with Gasteiger partial charge in [-0.15, -0.1) is 9.24 Å². The summed E-state index contributed by atoms with van der Waals surface area (Å²) < 4.78 is 77.1. The van der Waals surface area contributed by atoms with E-state index in [9.17, 15) is 31.1 Å². The highest BCUT2D eigenvalue weighted by Crippen LogP contribution is 2.40. The highest BCUT2D eigenvalue weighted by atomic mass is 31.0. The van der Waals surface area contributed by atoms with Crippen LogP contribution in [0.4, 0.5) is 26.3 Å². The zero-order chi connectivity index (χ0) is 16.4.